The van der Waals surface area contributed by atoms with Gasteiger partial charge in [0.15, 0.2) is 11.5 Å². The van der Waals surface area contributed by atoms with E-state index in [0.717, 1.165) is 11.3 Å². The van der Waals surface area contributed by atoms with E-state index in [-0.39, 0.29) is 6.54 Å². The molecule has 0 atom stereocenters. The fourth-order valence-corrected chi connectivity index (χ4v) is 3.40. The molecule has 0 bridgehead atoms. The largest absolute Gasteiger partial charge is 0.493 e. The van der Waals surface area contributed by atoms with Gasteiger partial charge in [0, 0.05) is 13.6 Å². The van der Waals surface area contributed by atoms with Gasteiger partial charge >= 0.3 is 0 Å². The van der Waals surface area contributed by atoms with Crippen LogP contribution in [0, 0.1) is 13.8 Å². The summed E-state index contributed by atoms with van der Waals surface area (Å²) >= 11 is 0. The van der Waals surface area contributed by atoms with Gasteiger partial charge < -0.3 is 14.4 Å². The van der Waals surface area contributed by atoms with E-state index in [1.807, 2.05) is 36.4 Å². The Labute approximate surface area is 175 Å². The van der Waals surface area contributed by atoms with Crippen LogP contribution >= 0.6 is 0 Å². The lowest BCUT2D eigenvalue weighted by Crippen LogP contribution is -2.33. The standard InChI is InChI=1S/C23H25N3O4/c1-15-21(16(2)26(24-15)18-9-7-6-8-10-18)22(27)23(28)25(3)14-17-11-12-19(29-4)20(13-17)30-5/h6-13H,14H2,1-5H3. The van der Waals surface area contributed by atoms with E-state index in [1.54, 1.807) is 51.9 Å². The number of likely N-dealkylation sites (N-methyl/N-ethyl adjacent to an activating group) is 1. The Morgan fingerprint density at radius 2 is 1.67 bits per heavy atom. The number of para-hydroxylation sites is 1. The number of ketones is 1. The monoisotopic (exact) mass is 407 g/mol. The number of hydrogen-bond donors (Lipinski definition) is 0. The number of ether oxygens (including phenoxy) is 2. The summed E-state index contributed by atoms with van der Waals surface area (Å²) in [6.07, 6.45) is 0. The van der Waals surface area contributed by atoms with Crippen molar-refractivity contribution in [1.82, 2.24) is 14.7 Å². The minimum Gasteiger partial charge on any atom is -0.493 e. The first-order valence-electron chi connectivity index (χ1n) is 9.49. The van der Waals surface area contributed by atoms with Crippen molar-refractivity contribution in [3.8, 4) is 17.2 Å². The number of Topliss-reactive ketones (excluding diaryl/α,β-unsaturated/α-hetero) is 1. The molecule has 0 unspecified atom stereocenters. The van der Waals surface area contributed by atoms with Crippen LogP contribution in [-0.4, -0.2) is 47.6 Å². The zero-order chi connectivity index (χ0) is 21.8. The Bertz CT molecular complexity index is 1070. The number of rotatable bonds is 7. The minimum atomic E-state index is -0.594. The maximum Gasteiger partial charge on any atom is 0.295 e. The van der Waals surface area contributed by atoms with Crippen molar-refractivity contribution in [1.29, 1.82) is 0 Å². The van der Waals surface area contributed by atoms with Crippen molar-refractivity contribution < 1.29 is 19.1 Å². The first-order chi connectivity index (χ1) is 14.4. The van der Waals surface area contributed by atoms with E-state index in [0.29, 0.717) is 28.5 Å². The summed E-state index contributed by atoms with van der Waals surface area (Å²) in [5, 5.41) is 4.46. The quantitative estimate of drug-likeness (QED) is 0.444. The molecule has 0 spiro atoms. The summed E-state index contributed by atoms with van der Waals surface area (Å²) in [7, 11) is 4.71. The Balaban J connectivity index is 1.82. The molecule has 0 fully saturated rings. The molecule has 3 aromatic rings. The number of methoxy groups -OCH3 is 2. The van der Waals surface area contributed by atoms with Gasteiger partial charge in [-0.05, 0) is 43.7 Å². The van der Waals surface area contributed by atoms with Gasteiger partial charge in [-0.2, -0.15) is 5.10 Å². The highest BCUT2D eigenvalue weighted by atomic mass is 16.5. The van der Waals surface area contributed by atoms with Gasteiger partial charge in [-0.15, -0.1) is 0 Å². The second kappa shape index (κ2) is 8.82. The highest BCUT2D eigenvalue weighted by molar-refractivity contribution is 6.43. The normalized spacial score (nSPS) is 10.6. The molecule has 156 valence electrons. The zero-order valence-corrected chi connectivity index (χ0v) is 17.8. The number of benzene rings is 2. The molecular formula is C23H25N3O4. The van der Waals surface area contributed by atoms with Crippen molar-refractivity contribution in [2.24, 2.45) is 0 Å². The highest BCUT2D eigenvalue weighted by Gasteiger charge is 2.27. The topological polar surface area (TPSA) is 73.7 Å². The van der Waals surface area contributed by atoms with Gasteiger partial charge in [0.05, 0.1) is 36.9 Å². The Morgan fingerprint density at radius 3 is 2.30 bits per heavy atom. The van der Waals surface area contributed by atoms with E-state index in [9.17, 15) is 9.59 Å². The third kappa shape index (κ3) is 4.05. The summed E-state index contributed by atoms with van der Waals surface area (Å²) in [5.74, 6) is 0.00244. The molecule has 0 N–H and O–H groups in total. The first-order valence-corrected chi connectivity index (χ1v) is 9.49. The van der Waals surface area contributed by atoms with E-state index in [1.165, 1.54) is 4.90 Å². The van der Waals surface area contributed by atoms with Crippen LogP contribution in [0.2, 0.25) is 0 Å². The maximum atomic E-state index is 13.0. The van der Waals surface area contributed by atoms with Crippen LogP contribution in [0.3, 0.4) is 0 Å². The minimum absolute atomic E-state index is 0.260. The van der Waals surface area contributed by atoms with Crippen LogP contribution in [0.1, 0.15) is 27.3 Å². The van der Waals surface area contributed by atoms with Crippen LogP contribution < -0.4 is 9.47 Å². The second-order valence-electron chi connectivity index (χ2n) is 6.97. The first kappa shape index (κ1) is 21.1. The number of aryl methyl sites for hydroxylation is 1. The van der Waals surface area contributed by atoms with Crippen molar-refractivity contribution in [2.75, 3.05) is 21.3 Å². The number of carbonyl (C=O) groups is 2. The molecular weight excluding hydrogens is 382 g/mol. The number of hydrogen-bond acceptors (Lipinski definition) is 5. The molecule has 2 aromatic carbocycles. The van der Waals surface area contributed by atoms with Gasteiger partial charge in [0.25, 0.3) is 11.7 Å². The fraction of sp³-hybridized carbons (Fsp3) is 0.261. The predicted molar refractivity (Wildman–Crippen MR) is 113 cm³/mol. The molecule has 0 aliphatic carbocycles. The van der Waals surface area contributed by atoms with Crippen molar-refractivity contribution in [3.63, 3.8) is 0 Å². The van der Waals surface area contributed by atoms with E-state index in [2.05, 4.69) is 5.10 Å². The van der Waals surface area contributed by atoms with Gasteiger partial charge in [0.2, 0.25) is 0 Å². The summed E-state index contributed by atoms with van der Waals surface area (Å²) in [5.41, 5.74) is 3.15. The van der Waals surface area contributed by atoms with Gasteiger partial charge in [-0.25, -0.2) is 4.68 Å². The Hall–Kier alpha value is -3.61. The maximum absolute atomic E-state index is 13.0. The molecule has 0 radical (unpaired) electrons. The molecule has 1 heterocycles. The average molecular weight is 407 g/mol. The summed E-state index contributed by atoms with van der Waals surface area (Å²) in [6.45, 7) is 3.79. The molecule has 7 heteroatoms. The van der Waals surface area contributed by atoms with Gasteiger partial charge in [-0.3, -0.25) is 9.59 Å². The number of aromatic nitrogens is 2. The fourth-order valence-electron chi connectivity index (χ4n) is 3.40. The summed E-state index contributed by atoms with van der Waals surface area (Å²) in [6, 6.07) is 14.9. The van der Waals surface area contributed by atoms with Crippen LogP contribution in [0.15, 0.2) is 48.5 Å². The molecule has 1 aromatic heterocycles. The molecule has 0 aliphatic rings. The van der Waals surface area contributed by atoms with E-state index < -0.39 is 11.7 Å². The van der Waals surface area contributed by atoms with Gasteiger partial charge in [0.1, 0.15) is 0 Å². The molecule has 0 saturated heterocycles. The third-order valence-corrected chi connectivity index (χ3v) is 4.93. The van der Waals surface area contributed by atoms with Crippen LogP contribution in [0.5, 0.6) is 11.5 Å². The molecule has 3 rings (SSSR count). The zero-order valence-electron chi connectivity index (χ0n) is 17.8. The smallest absolute Gasteiger partial charge is 0.295 e. The Morgan fingerprint density at radius 1 is 1.00 bits per heavy atom. The number of amides is 1. The average Bonchev–Trinajstić information content (AvgIpc) is 3.06. The van der Waals surface area contributed by atoms with E-state index >= 15 is 0 Å². The van der Waals surface area contributed by atoms with Crippen molar-refractivity contribution >= 4 is 11.7 Å². The van der Waals surface area contributed by atoms with Crippen molar-refractivity contribution in [3.05, 3.63) is 71.0 Å². The SMILES string of the molecule is COc1ccc(CN(C)C(=O)C(=O)c2c(C)nn(-c3ccccc3)c2C)cc1OC. The van der Waals surface area contributed by atoms with Crippen LogP contribution in [0.4, 0.5) is 0 Å². The lowest BCUT2D eigenvalue weighted by molar-refractivity contribution is -0.125. The summed E-state index contributed by atoms with van der Waals surface area (Å²) in [4.78, 5) is 27.2. The van der Waals surface area contributed by atoms with Crippen molar-refractivity contribution in [2.45, 2.75) is 20.4 Å². The van der Waals surface area contributed by atoms with E-state index in [4.69, 9.17) is 9.47 Å². The predicted octanol–water partition coefficient (Wildman–Crippen LogP) is 3.35. The molecule has 7 nitrogen and oxygen atoms in total. The molecule has 1 amide bonds. The summed E-state index contributed by atoms with van der Waals surface area (Å²) < 4.78 is 12.2. The molecule has 0 saturated carbocycles. The molecule has 30 heavy (non-hydrogen) atoms. The van der Waals surface area contributed by atoms with Crippen LogP contribution in [-0.2, 0) is 11.3 Å². The van der Waals surface area contributed by atoms with Crippen LogP contribution in [0.25, 0.3) is 5.69 Å². The Kier molecular flexibility index (Phi) is 6.20. The highest BCUT2D eigenvalue weighted by Crippen LogP contribution is 2.28. The molecule has 0 aliphatic heterocycles. The second-order valence-corrected chi connectivity index (χ2v) is 6.97. The lowest BCUT2D eigenvalue weighted by Gasteiger charge is -2.17. The lowest BCUT2D eigenvalue weighted by atomic mass is 10.1. The number of nitrogens with zero attached hydrogens (tertiary/aromatic N) is 3. The number of carbonyl (C=O) groups excluding carboxylic acids is 2. The third-order valence-electron chi connectivity index (χ3n) is 4.93. The van der Waals surface area contributed by atoms with Gasteiger partial charge in [-0.1, -0.05) is 24.3 Å².